The topological polar surface area (TPSA) is 64.1 Å². The lowest BCUT2D eigenvalue weighted by Gasteiger charge is -2.21. The van der Waals surface area contributed by atoms with Gasteiger partial charge in [0.1, 0.15) is 5.75 Å². The van der Waals surface area contributed by atoms with Crippen molar-refractivity contribution in [2.24, 2.45) is 10.9 Å². The Morgan fingerprint density at radius 1 is 1.28 bits per heavy atom. The number of hydrogen-bond donors (Lipinski definition) is 2. The van der Waals surface area contributed by atoms with Gasteiger partial charge in [0.2, 0.25) is 0 Å². The molecule has 0 aromatic heterocycles. The van der Waals surface area contributed by atoms with Crippen LogP contribution in [0.3, 0.4) is 0 Å². The Hall–Kier alpha value is -1.93. The van der Waals surface area contributed by atoms with Gasteiger partial charge in [-0.25, -0.2) is 4.99 Å². The van der Waals surface area contributed by atoms with E-state index in [1.165, 1.54) is 0 Å². The zero-order valence-electron chi connectivity index (χ0n) is 17.4. The van der Waals surface area contributed by atoms with Gasteiger partial charge in [-0.2, -0.15) is 8.78 Å². The van der Waals surface area contributed by atoms with Crippen molar-refractivity contribution < 1.29 is 23.0 Å². The molecule has 0 atom stereocenters. The van der Waals surface area contributed by atoms with Gasteiger partial charge in [-0.3, -0.25) is 0 Å². The minimum Gasteiger partial charge on any atom is -0.434 e. The SMILES string of the molecule is CCNC(=NCc1cc(C)ccc1OC(F)F)NCCCOCC1CCOCC1. The van der Waals surface area contributed by atoms with Gasteiger partial charge < -0.3 is 24.8 Å². The second kappa shape index (κ2) is 13.3. The molecule has 0 saturated carbocycles. The van der Waals surface area contributed by atoms with Crippen LogP contribution in [-0.2, 0) is 16.0 Å². The summed E-state index contributed by atoms with van der Waals surface area (Å²) in [5, 5.41) is 6.42. The summed E-state index contributed by atoms with van der Waals surface area (Å²) < 4.78 is 40.9. The van der Waals surface area contributed by atoms with E-state index in [1.807, 2.05) is 19.9 Å². The van der Waals surface area contributed by atoms with Crippen LogP contribution < -0.4 is 15.4 Å². The van der Waals surface area contributed by atoms with Crippen LogP contribution >= 0.6 is 0 Å². The Morgan fingerprint density at radius 3 is 2.79 bits per heavy atom. The fourth-order valence-corrected chi connectivity index (χ4v) is 3.09. The molecule has 0 aliphatic carbocycles. The minimum absolute atomic E-state index is 0.159. The lowest BCUT2D eigenvalue weighted by atomic mass is 10.0. The molecule has 1 saturated heterocycles. The number of aryl methyl sites for hydroxylation is 1. The van der Waals surface area contributed by atoms with Gasteiger partial charge in [-0.15, -0.1) is 0 Å². The van der Waals surface area contributed by atoms with Crippen LogP contribution in [0.2, 0.25) is 0 Å². The highest BCUT2D eigenvalue weighted by Gasteiger charge is 2.13. The van der Waals surface area contributed by atoms with Crippen molar-refractivity contribution in [3.05, 3.63) is 29.3 Å². The van der Waals surface area contributed by atoms with Crippen molar-refractivity contribution in [1.82, 2.24) is 10.6 Å². The molecule has 2 N–H and O–H groups in total. The van der Waals surface area contributed by atoms with Gasteiger partial charge in [0.15, 0.2) is 5.96 Å². The number of halogens is 2. The smallest absolute Gasteiger partial charge is 0.387 e. The van der Waals surface area contributed by atoms with E-state index in [9.17, 15) is 8.78 Å². The minimum atomic E-state index is -2.85. The van der Waals surface area contributed by atoms with E-state index < -0.39 is 6.61 Å². The first-order valence-electron chi connectivity index (χ1n) is 10.3. The average Bonchev–Trinajstić information content (AvgIpc) is 2.70. The summed E-state index contributed by atoms with van der Waals surface area (Å²) in [4.78, 5) is 4.50. The summed E-state index contributed by atoms with van der Waals surface area (Å²) in [6.45, 7) is 5.86. The summed E-state index contributed by atoms with van der Waals surface area (Å²) in [7, 11) is 0. The van der Waals surface area contributed by atoms with E-state index in [4.69, 9.17) is 9.47 Å². The first-order chi connectivity index (χ1) is 14.1. The third-order valence-electron chi connectivity index (χ3n) is 4.64. The molecule has 0 spiro atoms. The quantitative estimate of drug-likeness (QED) is 0.330. The van der Waals surface area contributed by atoms with E-state index in [-0.39, 0.29) is 12.3 Å². The van der Waals surface area contributed by atoms with Crippen molar-refractivity contribution in [3.63, 3.8) is 0 Å². The van der Waals surface area contributed by atoms with Gasteiger partial charge in [-0.05, 0) is 45.1 Å². The number of alkyl halides is 2. The predicted molar refractivity (Wildman–Crippen MR) is 110 cm³/mol. The summed E-state index contributed by atoms with van der Waals surface area (Å²) in [6.07, 6.45) is 3.01. The number of rotatable bonds is 11. The number of benzene rings is 1. The zero-order valence-corrected chi connectivity index (χ0v) is 17.4. The Bertz CT molecular complexity index is 623. The first-order valence-corrected chi connectivity index (χ1v) is 10.3. The van der Waals surface area contributed by atoms with Crippen molar-refractivity contribution in [3.8, 4) is 5.75 Å². The number of ether oxygens (including phenoxy) is 3. The van der Waals surface area contributed by atoms with Crippen molar-refractivity contribution >= 4 is 5.96 Å². The van der Waals surface area contributed by atoms with E-state index in [2.05, 4.69) is 20.4 Å². The molecule has 1 heterocycles. The Labute approximate surface area is 172 Å². The average molecular weight is 414 g/mol. The van der Waals surface area contributed by atoms with Crippen molar-refractivity contribution in [2.75, 3.05) is 39.5 Å². The molecule has 29 heavy (non-hydrogen) atoms. The molecule has 6 nitrogen and oxygen atoms in total. The maximum absolute atomic E-state index is 12.6. The van der Waals surface area contributed by atoms with E-state index in [1.54, 1.807) is 12.1 Å². The van der Waals surface area contributed by atoms with Crippen molar-refractivity contribution in [2.45, 2.75) is 46.3 Å². The summed E-state index contributed by atoms with van der Waals surface area (Å²) >= 11 is 0. The number of guanidine groups is 1. The zero-order chi connectivity index (χ0) is 20.9. The van der Waals surface area contributed by atoms with Gasteiger partial charge in [0.25, 0.3) is 0 Å². The Kier molecular flexibility index (Phi) is 10.7. The fraction of sp³-hybridized carbons (Fsp3) is 0.667. The molecule has 164 valence electrons. The molecular formula is C21H33F2N3O3. The molecular weight excluding hydrogens is 380 g/mol. The van der Waals surface area contributed by atoms with Gasteiger partial charge in [-0.1, -0.05) is 17.7 Å². The molecule has 1 aliphatic rings. The molecule has 8 heteroatoms. The molecule has 2 rings (SSSR count). The highest BCUT2D eigenvalue weighted by molar-refractivity contribution is 5.79. The van der Waals surface area contributed by atoms with E-state index >= 15 is 0 Å². The number of nitrogens with zero attached hydrogens (tertiary/aromatic N) is 1. The molecule has 0 radical (unpaired) electrons. The monoisotopic (exact) mass is 413 g/mol. The van der Waals surface area contributed by atoms with Crippen LogP contribution in [0.25, 0.3) is 0 Å². The standard InChI is InChI=1S/C21H33F2N3O3/c1-3-24-21(25-9-4-10-28-15-17-7-11-27-12-8-17)26-14-18-13-16(2)5-6-19(18)29-20(22)23/h5-6,13,17,20H,3-4,7-12,14-15H2,1-2H3,(H2,24,25,26). The van der Waals surface area contributed by atoms with Crippen LogP contribution in [0.4, 0.5) is 8.78 Å². The van der Waals surface area contributed by atoms with E-state index in [0.29, 0.717) is 37.1 Å². The maximum atomic E-state index is 12.6. The number of nitrogens with one attached hydrogen (secondary N) is 2. The number of hydrogen-bond acceptors (Lipinski definition) is 4. The molecule has 0 bridgehead atoms. The van der Waals surface area contributed by atoms with E-state index in [0.717, 1.165) is 44.6 Å². The highest BCUT2D eigenvalue weighted by Crippen LogP contribution is 2.23. The number of aliphatic imine (C=N–C) groups is 1. The van der Waals surface area contributed by atoms with Crippen LogP contribution in [0.5, 0.6) is 5.75 Å². The molecule has 1 aromatic carbocycles. The second-order valence-corrected chi connectivity index (χ2v) is 7.10. The molecule has 1 fully saturated rings. The third-order valence-corrected chi connectivity index (χ3v) is 4.64. The summed E-state index contributed by atoms with van der Waals surface area (Å²) in [5.74, 6) is 1.41. The van der Waals surface area contributed by atoms with Crippen LogP contribution in [0.15, 0.2) is 23.2 Å². The molecule has 1 aliphatic heterocycles. The fourth-order valence-electron chi connectivity index (χ4n) is 3.09. The Morgan fingerprint density at radius 2 is 2.07 bits per heavy atom. The second-order valence-electron chi connectivity index (χ2n) is 7.10. The van der Waals surface area contributed by atoms with Crippen LogP contribution in [0, 0.1) is 12.8 Å². The molecule has 0 amide bonds. The largest absolute Gasteiger partial charge is 0.434 e. The van der Waals surface area contributed by atoms with Gasteiger partial charge in [0.05, 0.1) is 6.54 Å². The lowest BCUT2D eigenvalue weighted by Crippen LogP contribution is -2.38. The normalized spacial score (nSPS) is 15.6. The van der Waals surface area contributed by atoms with Crippen molar-refractivity contribution in [1.29, 1.82) is 0 Å². The lowest BCUT2D eigenvalue weighted by molar-refractivity contribution is -0.0504. The molecule has 0 unspecified atom stereocenters. The molecule has 1 aromatic rings. The van der Waals surface area contributed by atoms with Gasteiger partial charge in [0, 0.05) is 45.1 Å². The summed E-state index contributed by atoms with van der Waals surface area (Å²) in [6, 6.07) is 5.12. The maximum Gasteiger partial charge on any atom is 0.387 e. The predicted octanol–water partition coefficient (Wildman–Crippen LogP) is 3.48. The Balaban J connectivity index is 1.76. The highest BCUT2D eigenvalue weighted by atomic mass is 19.3. The first kappa shape index (κ1) is 23.3. The van der Waals surface area contributed by atoms with Crippen LogP contribution in [-0.4, -0.2) is 52.1 Å². The third kappa shape index (κ3) is 9.41. The summed E-state index contributed by atoms with van der Waals surface area (Å²) in [5.41, 5.74) is 1.60. The van der Waals surface area contributed by atoms with Gasteiger partial charge >= 0.3 is 6.61 Å². The van der Waals surface area contributed by atoms with Crippen LogP contribution in [0.1, 0.15) is 37.3 Å².